The molecule has 1 fully saturated rings. The fraction of sp³-hybridized carbons (Fsp3) is 0.647. The number of rotatable bonds is 8. The van der Waals surface area contributed by atoms with Crippen molar-refractivity contribution in [3.8, 4) is 5.75 Å². The standard InChI is InChI=1S/C17H27NO2/c1-12(2)16-7-4-13(3)10-17(16)20-9-8-15(11-19)18-14-5-6-14/h4,7,10,12,14-15,18-19H,5-6,8-9,11H2,1-3H3. The fourth-order valence-corrected chi connectivity index (χ4v) is 2.37. The van der Waals surface area contributed by atoms with Gasteiger partial charge in [0.2, 0.25) is 0 Å². The number of benzene rings is 1. The van der Waals surface area contributed by atoms with Crippen molar-refractivity contribution in [3.63, 3.8) is 0 Å². The van der Waals surface area contributed by atoms with Gasteiger partial charge in [-0.2, -0.15) is 0 Å². The lowest BCUT2D eigenvalue weighted by atomic mass is 10.0. The summed E-state index contributed by atoms with van der Waals surface area (Å²) in [5, 5.41) is 12.8. The Balaban J connectivity index is 1.87. The van der Waals surface area contributed by atoms with Crippen LogP contribution < -0.4 is 10.1 Å². The third-order valence-electron chi connectivity index (χ3n) is 3.78. The molecule has 0 radical (unpaired) electrons. The summed E-state index contributed by atoms with van der Waals surface area (Å²) in [6.07, 6.45) is 3.33. The Bertz CT molecular complexity index is 427. The van der Waals surface area contributed by atoms with Crippen molar-refractivity contribution in [2.75, 3.05) is 13.2 Å². The molecular formula is C17H27NO2. The molecule has 1 aliphatic carbocycles. The zero-order chi connectivity index (χ0) is 14.5. The smallest absolute Gasteiger partial charge is 0.123 e. The molecule has 1 unspecified atom stereocenters. The minimum atomic E-state index is 0.162. The highest BCUT2D eigenvalue weighted by atomic mass is 16.5. The van der Waals surface area contributed by atoms with Crippen molar-refractivity contribution >= 4 is 0 Å². The molecule has 1 atom stereocenters. The molecule has 112 valence electrons. The number of nitrogens with one attached hydrogen (secondary N) is 1. The Hall–Kier alpha value is -1.06. The van der Waals surface area contributed by atoms with E-state index in [0.29, 0.717) is 18.6 Å². The molecule has 2 N–H and O–H groups in total. The van der Waals surface area contributed by atoms with Gasteiger partial charge in [0.25, 0.3) is 0 Å². The molecule has 1 aromatic rings. The minimum Gasteiger partial charge on any atom is -0.493 e. The maximum Gasteiger partial charge on any atom is 0.123 e. The SMILES string of the molecule is Cc1ccc(C(C)C)c(OCCC(CO)NC2CC2)c1. The van der Waals surface area contributed by atoms with Gasteiger partial charge in [0.15, 0.2) is 0 Å². The molecule has 0 bridgehead atoms. The first-order chi connectivity index (χ1) is 9.60. The Labute approximate surface area is 122 Å². The summed E-state index contributed by atoms with van der Waals surface area (Å²) in [4.78, 5) is 0. The normalized spacial score (nSPS) is 16.4. The lowest BCUT2D eigenvalue weighted by molar-refractivity contribution is 0.207. The van der Waals surface area contributed by atoms with Crippen LogP contribution in [0.25, 0.3) is 0 Å². The number of ether oxygens (including phenoxy) is 1. The number of aryl methyl sites for hydroxylation is 1. The fourth-order valence-electron chi connectivity index (χ4n) is 2.37. The van der Waals surface area contributed by atoms with Crippen molar-refractivity contribution in [2.24, 2.45) is 0 Å². The summed E-state index contributed by atoms with van der Waals surface area (Å²) in [5.41, 5.74) is 2.48. The van der Waals surface area contributed by atoms with E-state index in [1.165, 1.54) is 24.0 Å². The summed E-state index contributed by atoms with van der Waals surface area (Å²) in [5.74, 6) is 1.45. The molecule has 0 amide bonds. The van der Waals surface area contributed by atoms with Gasteiger partial charge in [-0.1, -0.05) is 26.0 Å². The average Bonchev–Trinajstić information content (AvgIpc) is 3.21. The largest absolute Gasteiger partial charge is 0.493 e. The monoisotopic (exact) mass is 277 g/mol. The summed E-state index contributed by atoms with van der Waals surface area (Å²) < 4.78 is 5.96. The number of hydrogen-bond donors (Lipinski definition) is 2. The number of aliphatic hydroxyl groups excluding tert-OH is 1. The van der Waals surface area contributed by atoms with Crippen LogP contribution in [0.4, 0.5) is 0 Å². The zero-order valence-corrected chi connectivity index (χ0v) is 12.9. The van der Waals surface area contributed by atoms with Crippen molar-refractivity contribution < 1.29 is 9.84 Å². The Morgan fingerprint density at radius 2 is 2.10 bits per heavy atom. The highest BCUT2D eigenvalue weighted by Crippen LogP contribution is 2.27. The second-order valence-electron chi connectivity index (χ2n) is 6.15. The molecular weight excluding hydrogens is 250 g/mol. The van der Waals surface area contributed by atoms with Gasteiger partial charge in [0.1, 0.15) is 5.75 Å². The van der Waals surface area contributed by atoms with E-state index < -0.39 is 0 Å². The summed E-state index contributed by atoms with van der Waals surface area (Å²) >= 11 is 0. The van der Waals surface area contributed by atoms with Crippen molar-refractivity contribution in [1.29, 1.82) is 0 Å². The van der Waals surface area contributed by atoms with Gasteiger partial charge in [-0.15, -0.1) is 0 Å². The van der Waals surface area contributed by atoms with Gasteiger partial charge in [-0.25, -0.2) is 0 Å². The number of hydrogen-bond acceptors (Lipinski definition) is 3. The lowest BCUT2D eigenvalue weighted by Crippen LogP contribution is -2.35. The predicted octanol–water partition coefficient (Wildman–Crippen LogP) is 3.00. The van der Waals surface area contributed by atoms with Crippen LogP contribution in [0.15, 0.2) is 18.2 Å². The van der Waals surface area contributed by atoms with E-state index in [1.807, 2.05) is 0 Å². The topological polar surface area (TPSA) is 41.5 Å². The molecule has 0 saturated heterocycles. The molecule has 1 aromatic carbocycles. The van der Waals surface area contributed by atoms with Crippen LogP contribution in [0.2, 0.25) is 0 Å². The van der Waals surface area contributed by atoms with E-state index in [2.05, 4.69) is 44.3 Å². The third-order valence-corrected chi connectivity index (χ3v) is 3.78. The van der Waals surface area contributed by atoms with E-state index in [-0.39, 0.29) is 12.6 Å². The van der Waals surface area contributed by atoms with Crippen LogP contribution in [0.5, 0.6) is 5.75 Å². The van der Waals surface area contributed by atoms with Gasteiger partial charge >= 0.3 is 0 Å². The zero-order valence-electron chi connectivity index (χ0n) is 12.9. The highest BCUT2D eigenvalue weighted by Gasteiger charge is 2.24. The minimum absolute atomic E-state index is 0.162. The molecule has 0 aromatic heterocycles. The maximum absolute atomic E-state index is 9.37. The average molecular weight is 277 g/mol. The van der Waals surface area contributed by atoms with Crippen molar-refractivity contribution in [3.05, 3.63) is 29.3 Å². The summed E-state index contributed by atoms with van der Waals surface area (Å²) in [6.45, 7) is 7.28. The molecule has 3 nitrogen and oxygen atoms in total. The van der Waals surface area contributed by atoms with E-state index >= 15 is 0 Å². The molecule has 1 aliphatic rings. The van der Waals surface area contributed by atoms with Crippen LogP contribution in [-0.2, 0) is 0 Å². The van der Waals surface area contributed by atoms with Crippen molar-refractivity contribution in [2.45, 2.75) is 58.0 Å². The second-order valence-corrected chi connectivity index (χ2v) is 6.15. The predicted molar refractivity (Wildman–Crippen MR) is 82.4 cm³/mol. The quantitative estimate of drug-likeness (QED) is 0.767. The summed E-state index contributed by atoms with van der Waals surface area (Å²) in [6, 6.07) is 7.18. The Kier molecular flexibility index (Phi) is 5.44. The Morgan fingerprint density at radius 3 is 2.70 bits per heavy atom. The number of aliphatic hydroxyl groups is 1. The Morgan fingerprint density at radius 1 is 1.35 bits per heavy atom. The molecule has 0 aliphatic heterocycles. The van der Waals surface area contributed by atoms with Crippen LogP contribution in [0, 0.1) is 6.92 Å². The first-order valence-electron chi connectivity index (χ1n) is 7.70. The van der Waals surface area contributed by atoms with Gasteiger partial charge in [0, 0.05) is 12.1 Å². The summed E-state index contributed by atoms with van der Waals surface area (Å²) in [7, 11) is 0. The van der Waals surface area contributed by atoms with Crippen LogP contribution in [0.3, 0.4) is 0 Å². The van der Waals surface area contributed by atoms with Gasteiger partial charge in [-0.3, -0.25) is 0 Å². The van der Waals surface area contributed by atoms with E-state index in [1.54, 1.807) is 0 Å². The molecule has 1 saturated carbocycles. The first kappa shape index (κ1) is 15.3. The van der Waals surface area contributed by atoms with Crippen LogP contribution in [-0.4, -0.2) is 30.4 Å². The molecule has 2 rings (SSSR count). The van der Waals surface area contributed by atoms with Crippen molar-refractivity contribution in [1.82, 2.24) is 5.32 Å². The first-order valence-corrected chi connectivity index (χ1v) is 7.70. The maximum atomic E-state index is 9.37. The molecule has 3 heteroatoms. The molecule has 0 heterocycles. The van der Waals surface area contributed by atoms with E-state index in [4.69, 9.17) is 4.74 Å². The van der Waals surface area contributed by atoms with Gasteiger partial charge in [0.05, 0.1) is 13.2 Å². The van der Waals surface area contributed by atoms with Gasteiger partial charge < -0.3 is 15.2 Å². The third kappa shape index (κ3) is 4.50. The highest BCUT2D eigenvalue weighted by molar-refractivity contribution is 5.39. The molecule has 20 heavy (non-hydrogen) atoms. The van der Waals surface area contributed by atoms with Crippen LogP contribution >= 0.6 is 0 Å². The second kappa shape index (κ2) is 7.09. The molecule has 0 spiro atoms. The van der Waals surface area contributed by atoms with E-state index in [0.717, 1.165) is 12.2 Å². The van der Waals surface area contributed by atoms with Crippen LogP contribution in [0.1, 0.15) is 50.2 Å². The van der Waals surface area contributed by atoms with Gasteiger partial charge in [-0.05, 0) is 49.3 Å². The lowest BCUT2D eigenvalue weighted by Gasteiger charge is -2.18. The van der Waals surface area contributed by atoms with E-state index in [9.17, 15) is 5.11 Å².